The molecule has 0 saturated heterocycles. The average Bonchev–Trinajstić information content (AvgIpc) is 2.71. The van der Waals surface area contributed by atoms with Crippen molar-refractivity contribution in [2.45, 2.75) is 0 Å². The fourth-order valence-electron chi connectivity index (χ4n) is 2.74. The molecule has 0 aliphatic rings. The first-order chi connectivity index (χ1) is 13.6. The number of carboxylic acid groups (broad SMARTS) is 1. The second kappa shape index (κ2) is 8.73. The van der Waals surface area contributed by atoms with Crippen molar-refractivity contribution in [3.63, 3.8) is 0 Å². The molecule has 0 radical (unpaired) electrons. The van der Waals surface area contributed by atoms with Crippen molar-refractivity contribution in [1.82, 2.24) is 0 Å². The van der Waals surface area contributed by atoms with Crippen LogP contribution in [0.3, 0.4) is 0 Å². The first-order valence-corrected chi connectivity index (χ1v) is 8.56. The Balaban J connectivity index is 1.68. The topological polar surface area (TPSA) is 84.9 Å². The summed E-state index contributed by atoms with van der Waals surface area (Å²) in [6.45, 7) is -0.191. The van der Waals surface area contributed by atoms with Crippen LogP contribution in [0.15, 0.2) is 66.7 Å². The van der Waals surface area contributed by atoms with Crippen LogP contribution in [0, 0.1) is 0 Å². The zero-order chi connectivity index (χ0) is 19.9. The van der Waals surface area contributed by atoms with E-state index >= 15 is 0 Å². The number of ether oxygens (including phenoxy) is 2. The minimum absolute atomic E-state index is 0.191. The Bertz CT molecular complexity index is 1040. The van der Waals surface area contributed by atoms with E-state index in [0.717, 1.165) is 16.8 Å². The SMILES string of the molecule is COc1cc(C=CC(=O)O)ccc1OCC(=O)Nc1cccc2ccccc12. The predicted molar refractivity (Wildman–Crippen MR) is 108 cm³/mol. The number of rotatable bonds is 7. The molecule has 0 aliphatic carbocycles. The smallest absolute Gasteiger partial charge is 0.328 e. The highest BCUT2D eigenvalue weighted by atomic mass is 16.5. The molecule has 0 bridgehead atoms. The summed E-state index contributed by atoms with van der Waals surface area (Å²) in [6, 6.07) is 18.4. The molecule has 0 aliphatic heterocycles. The van der Waals surface area contributed by atoms with Crippen molar-refractivity contribution in [3.8, 4) is 11.5 Å². The lowest BCUT2D eigenvalue weighted by molar-refractivity contribution is -0.131. The molecular formula is C22H19NO5. The van der Waals surface area contributed by atoms with Crippen molar-refractivity contribution >= 4 is 34.4 Å². The van der Waals surface area contributed by atoms with Crippen LogP contribution in [0.4, 0.5) is 5.69 Å². The monoisotopic (exact) mass is 377 g/mol. The molecule has 142 valence electrons. The van der Waals surface area contributed by atoms with Gasteiger partial charge in [0.1, 0.15) is 0 Å². The summed E-state index contributed by atoms with van der Waals surface area (Å²) in [5.74, 6) is -0.536. The number of carbonyl (C=O) groups is 2. The molecule has 0 unspecified atom stereocenters. The van der Waals surface area contributed by atoms with Crippen LogP contribution in [0.5, 0.6) is 11.5 Å². The predicted octanol–water partition coefficient (Wildman–Crippen LogP) is 3.96. The normalized spacial score (nSPS) is 10.8. The summed E-state index contributed by atoms with van der Waals surface area (Å²) in [7, 11) is 1.48. The molecule has 0 spiro atoms. The summed E-state index contributed by atoms with van der Waals surface area (Å²) in [5.41, 5.74) is 1.36. The third-order valence-corrected chi connectivity index (χ3v) is 4.03. The van der Waals surface area contributed by atoms with Gasteiger partial charge in [-0.1, -0.05) is 42.5 Å². The maximum atomic E-state index is 12.3. The number of amides is 1. The highest BCUT2D eigenvalue weighted by Crippen LogP contribution is 2.29. The fourth-order valence-corrected chi connectivity index (χ4v) is 2.74. The van der Waals surface area contributed by atoms with Gasteiger partial charge in [0.05, 0.1) is 7.11 Å². The number of nitrogens with one attached hydrogen (secondary N) is 1. The van der Waals surface area contributed by atoms with E-state index in [1.54, 1.807) is 18.2 Å². The Morgan fingerprint density at radius 2 is 1.82 bits per heavy atom. The van der Waals surface area contributed by atoms with E-state index in [9.17, 15) is 9.59 Å². The van der Waals surface area contributed by atoms with Crippen LogP contribution < -0.4 is 14.8 Å². The Morgan fingerprint density at radius 3 is 2.61 bits per heavy atom. The van der Waals surface area contributed by atoms with E-state index in [-0.39, 0.29) is 12.5 Å². The molecule has 0 atom stereocenters. The highest BCUT2D eigenvalue weighted by molar-refractivity contribution is 6.02. The van der Waals surface area contributed by atoms with Gasteiger partial charge in [0.2, 0.25) is 0 Å². The van der Waals surface area contributed by atoms with Gasteiger partial charge in [-0.15, -0.1) is 0 Å². The summed E-state index contributed by atoms with van der Waals surface area (Å²) in [4.78, 5) is 22.9. The largest absolute Gasteiger partial charge is 0.493 e. The zero-order valence-electron chi connectivity index (χ0n) is 15.2. The molecular weight excluding hydrogens is 358 g/mol. The van der Waals surface area contributed by atoms with Crippen LogP contribution in [0.2, 0.25) is 0 Å². The second-order valence-corrected chi connectivity index (χ2v) is 5.95. The standard InChI is InChI=1S/C22H19NO5/c1-27-20-13-15(10-12-22(25)26)9-11-19(20)28-14-21(24)23-18-8-4-6-16-5-2-3-7-17(16)18/h2-13H,14H2,1H3,(H,23,24)(H,25,26). The fraction of sp³-hybridized carbons (Fsp3) is 0.0909. The van der Waals surface area contributed by atoms with E-state index in [1.807, 2.05) is 42.5 Å². The van der Waals surface area contributed by atoms with Crippen molar-refractivity contribution in [3.05, 3.63) is 72.3 Å². The first-order valence-electron chi connectivity index (χ1n) is 8.56. The number of hydrogen-bond acceptors (Lipinski definition) is 4. The van der Waals surface area contributed by atoms with Crippen LogP contribution >= 0.6 is 0 Å². The molecule has 0 heterocycles. The number of carbonyl (C=O) groups excluding carboxylic acids is 1. The van der Waals surface area contributed by atoms with Gasteiger partial charge in [-0.2, -0.15) is 0 Å². The maximum absolute atomic E-state index is 12.3. The lowest BCUT2D eigenvalue weighted by Crippen LogP contribution is -2.20. The van der Waals surface area contributed by atoms with Crippen molar-refractivity contribution < 1.29 is 24.2 Å². The molecule has 3 rings (SSSR count). The number of fused-ring (bicyclic) bond motifs is 1. The van der Waals surface area contributed by atoms with Gasteiger partial charge in [0.15, 0.2) is 18.1 Å². The average molecular weight is 377 g/mol. The first kappa shape index (κ1) is 19.0. The minimum atomic E-state index is -1.04. The van der Waals surface area contributed by atoms with Gasteiger partial charge >= 0.3 is 5.97 Å². The van der Waals surface area contributed by atoms with E-state index in [2.05, 4.69) is 5.32 Å². The van der Waals surface area contributed by atoms with Crippen molar-refractivity contribution in [1.29, 1.82) is 0 Å². The quantitative estimate of drug-likeness (QED) is 0.609. The van der Waals surface area contributed by atoms with Gasteiger partial charge in [0, 0.05) is 17.1 Å². The van der Waals surface area contributed by atoms with Crippen molar-refractivity contribution in [2.75, 3.05) is 19.0 Å². The third kappa shape index (κ3) is 4.67. The molecule has 3 aromatic rings. The summed E-state index contributed by atoms with van der Waals surface area (Å²) >= 11 is 0. The zero-order valence-corrected chi connectivity index (χ0v) is 15.2. The lowest BCUT2D eigenvalue weighted by Gasteiger charge is -2.12. The van der Waals surface area contributed by atoms with Gasteiger partial charge in [-0.25, -0.2) is 4.79 Å². The molecule has 0 aromatic heterocycles. The van der Waals surface area contributed by atoms with Gasteiger partial charge in [0.25, 0.3) is 5.91 Å². The van der Waals surface area contributed by atoms with Gasteiger partial charge in [-0.05, 0) is 35.2 Å². The lowest BCUT2D eigenvalue weighted by atomic mass is 10.1. The number of anilines is 1. The van der Waals surface area contributed by atoms with Crippen LogP contribution in [-0.2, 0) is 9.59 Å². The van der Waals surface area contributed by atoms with E-state index < -0.39 is 5.97 Å². The molecule has 6 nitrogen and oxygen atoms in total. The number of benzene rings is 3. The molecule has 1 amide bonds. The van der Waals surface area contributed by atoms with Gasteiger partial charge < -0.3 is 19.9 Å². The van der Waals surface area contributed by atoms with Gasteiger partial charge in [-0.3, -0.25) is 4.79 Å². The summed E-state index contributed by atoms with van der Waals surface area (Å²) < 4.78 is 10.8. The van der Waals surface area contributed by atoms with Crippen LogP contribution in [-0.4, -0.2) is 30.7 Å². The molecule has 3 aromatic carbocycles. The van der Waals surface area contributed by atoms with Crippen molar-refractivity contribution in [2.24, 2.45) is 0 Å². The molecule has 0 saturated carbocycles. The molecule has 2 N–H and O–H groups in total. The number of hydrogen-bond donors (Lipinski definition) is 2. The Labute approximate surface area is 162 Å². The van der Waals surface area contributed by atoms with E-state index in [0.29, 0.717) is 22.7 Å². The summed E-state index contributed by atoms with van der Waals surface area (Å²) in [6.07, 6.45) is 2.48. The molecule has 6 heteroatoms. The minimum Gasteiger partial charge on any atom is -0.493 e. The Morgan fingerprint density at radius 1 is 1.04 bits per heavy atom. The Hall–Kier alpha value is -3.80. The highest BCUT2D eigenvalue weighted by Gasteiger charge is 2.10. The van der Waals surface area contributed by atoms with E-state index in [4.69, 9.17) is 14.6 Å². The number of carboxylic acids is 1. The molecule has 0 fully saturated rings. The summed E-state index contributed by atoms with van der Waals surface area (Å²) in [5, 5.41) is 13.5. The number of aliphatic carboxylic acids is 1. The van der Waals surface area contributed by atoms with Crippen LogP contribution in [0.1, 0.15) is 5.56 Å². The third-order valence-electron chi connectivity index (χ3n) is 4.03. The Kier molecular flexibility index (Phi) is 5.91. The van der Waals surface area contributed by atoms with E-state index in [1.165, 1.54) is 13.2 Å². The van der Waals surface area contributed by atoms with Crippen LogP contribution in [0.25, 0.3) is 16.8 Å². The second-order valence-electron chi connectivity index (χ2n) is 5.95. The number of methoxy groups -OCH3 is 1. The maximum Gasteiger partial charge on any atom is 0.328 e. The molecule has 28 heavy (non-hydrogen) atoms.